The third kappa shape index (κ3) is 3.83. The Bertz CT molecular complexity index is 306. The molecule has 2 nitrogen and oxygen atoms in total. The number of rotatable bonds is 7. The van der Waals surface area contributed by atoms with Crippen LogP contribution in [0.4, 0.5) is 0 Å². The van der Waals surface area contributed by atoms with Gasteiger partial charge in [0.1, 0.15) is 0 Å². The molecule has 0 aliphatic carbocycles. The minimum Gasteiger partial charge on any atom is -0.330 e. The maximum atomic E-state index is 5.99. The van der Waals surface area contributed by atoms with E-state index in [-0.39, 0.29) is 5.41 Å². The van der Waals surface area contributed by atoms with Crippen molar-refractivity contribution in [2.75, 3.05) is 26.2 Å². The zero-order valence-corrected chi connectivity index (χ0v) is 11.4. The predicted molar refractivity (Wildman–Crippen MR) is 75.3 cm³/mol. The Kier molecular flexibility index (Phi) is 5.66. The minimum atomic E-state index is 0.101. The van der Waals surface area contributed by atoms with Crippen LogP contribution in [0.5, 0.6) is 0 Å². The molecule has 0 aliphatic heterocycles. The van der Waals surface area contributed by atoms with Crippen LogP contribution in [0.3, 0.4) is 0 Å². The summed E-state index contributed by atoms with van der Waals surface area (Å²) in [5.41, 5.74) is 7.45. The van der Waals surface area contributed by atoms with E-state index in [1.165, 1.54) is 5.56 Å². The van der Waals surface area contributed by atoms with Gasteiger partial charge < -0.3 is 10.6 Å². The zero-order chi connectivity index (χ0) is 12.7. The van der Waals surface area contributed by atoms with Gasteiger partial charge in [0.25, 0.3) is 0 Å². The molecule has 1 atom stereocenters. The van der Waals surface area contributed by atoms with E-state index in [0.29, 0.717) is 6.54 Å². The molecule has 1 rings (SSSR count). The first-order valence-electron chi connectivity index (χ1n) is 6.64. The molecule has 96 valence electrons. The maximum Gasteiger partial charge on any atom is 0.00594 e. The van der Waals surface area contributed by atoms with Crippen molar-refractivity contribution in [3.05, 3.63) is 35.9 Å². The smallest absolute Gasteiger partial charge is 0.00594 e. The summed E-state index contributed by atoms with van der Waals surface area (Å²) in [6, 6.07) is 10.6. The molecule has 0 saturated carbocycles. The molecule has 0 amide bonds. The average molecular weight is 234 g/mol. The summed E-state index contributed by atoms with van der Waals surface area (Å²) in [5.74, 6) is 0. The molecule has 0 saturated heterocycles. The Morgan fingerprint density at radius 1 is 1.12 bits per heavy atom. The summed E-state index contributed by atoms with van der Waals surface area (Å²) in [4.78, 5) is 2.46. The molecule has 2 heteroatoms. The van der Waals surface area contributed by atoms with Crippen molar-refractivity contribution in [2.45, 2.75) is 32.6 Å². The molecule has 0 aromatic heterocycles. The minimum absolute atomic E-state index is 0.101. The summed E-state index contributed by atoms with van der Waals surface area (Å²) in [5, 5.41) is 0. The van der Waals surface area contributed by atoms with Gasteiger partial charge in [-0.25, -0.2) is 0 Å². The quantitative estimate of drug-likeness (QED) is 0.786. The fourth-order valence-corrected chi connectivity index (χ4v) is 2.15. The van der Waals surface area contributed by atoms with Crippen molar-refractivity contribution >= 4 is 0 Å². The lowest BCUT2D eigenvalue weighted by atomic mass is 9.79. The Labute approximate surface area is 106 Å². The number of hydrogen-bond donors (Lipinski definition) is 1. The van der Waals surface area contributed by atoms with Crippen LogP contribution >= 0.6 is 0 Å². The monoisotopic (exact) mass is 234 g/mol. The summed E-state index contributed by atoms with van der Waals surface area (Å²) in [6.45, 7) is 10.8. The number of nitrogens with zero attached hydrogens (tertiary/aromatic N) is 1. The van der Waals surface area contributed by atoms with Gasteiger partial charge in [0.05, 0.1) is 0 Å². The van der Waals surface area contributed by atoms with Gasteiger partial charge in [-0.3, -0.25) is 0 Å². The van der Waals surface area contributed by atoms with E-state index in [2.05, 4.69) is 56.0 Å². The summed E-state index contributed by atoms with van der Waals surface area (Å²) in [7, 11) is 0. The van der Waals surface area contributed by atoms with Crippen molar-refractivity contribution in [1.82, 2.24) is 4.90 Å². The van der Waals surface area contributed by atoms with Crippen LogP contribution in [0.1, 0.15) is 32.8 Å². The van der Waals surface area contributed by atoms with E-state index < -0.39 is 0 Å². The van der Waals surface area contributed by atoms with Crippen LogP contribution in [0, 0.1) is 0 Å². The molecular weight excluding hydrogens is 208 g/mol. The van der Waals surface area contributed by atoms with E-state index in [9.17, 15) is 0 Å². The molecule has 0 fully saturated rings. The molecule has 1 aromatic rings. The van der Waals surface area contributed by atoms with Crippen LogP contribution in [-0.2, 0) is 5.41 Å². The second-order valence-corrected chi connectivity index (χ2v) is 4.91. The zero-order valence-electron chi connectivity index (χ0n) is 11.4. The van der Waals surface area contributed by atoms with Crippen molar-refractivity contribution in [3.63, 3.8) is 0 Å². The van der Waals surface area contributed by atoms with Crippen LogP contribution in [0.25, 0.3) is 0 Å². The first-order valence-corrected chi connectivity index (χ1v) is 6.64. The van der Waals surface area contributed by atoms with Crippen LogP contribution < -0.4 is 5.73 Å². The molecule has 1 aromatic carbocycles. The van der Waals surface area contributed by atoms with E-state index in [4.69, 9.17) is 5.73 Å². The lowest BCUT2D eigenvalue weighted by molar-refractivity contribution is 0.266. The molecule has 0 bridgehead atoms. The van der Waals surface area contributed by atoms with Crippen LogP contribution in [-0.4, -0.2) is 31.1 Å². The molecule has 1 unspecified atom stereocenters. The van der Waals surface area contributed by atoms with Gasteiger partial charge in [-0.2, -0.15) is 0 Å². The Balaban J connectivity index is 2.69. The first-order chi connectivity index (χ1) is 8.16. The SMILES string of the molecule is CCN(CC)CCC(C)(CN)c1ccccc1. The van der Waals surface area contributed by atoms with E-state index in [1.54, 1.807) is 0 Å². The van der Waals surface area contributed by atoms with Crippen molar-refractivity contribution in [2.24, 2.45) is 5.73 Å². The topological polar surface area (TPSA) is 29.3 Å². The third-order valence-electron chi connectivity index (χ3n) is 3.80. The number of nitrogens with two attached hydrogens (primary N) is 1. The fourth-order valence-electron chi connectivity index (χ4n) is 2.15. The van der Waals surface area contributed by atoms with E-state index >= 15 is 0 Å². The second-order valence-electron chi connectivity index (χ2n) is 4.91. The third-order valence-corrected chi connectivity index (χ3v) is 3.80. The largest absolute Gasteiger partial charge is 0.330 e. The van der Waals surface area contributed by atoms with Crippen molar-refractivity contribution in [1.29, 1.82) is 0 Å². The van der Waals surface area contributed by atoms with Crippen molar-refractivity contribution < 1.29 is 0 Å². The van der Waals surface area contributed by atoms with Crippen molar-refractivity contribution in [3.8, 4) is 0 Å². The number of hydrogen-bond acceptors (Lipinski definition) is 2. The molecule has 0 aliphatic rings. The van der Waals surface area contributed by atoms with Gasteiger partial charge in [0.15, 0.2) is 0 Å². The standard InChI is InChI=1S/C15H26N2/c1-4-17(5-2)12-11-15(3,13-16)14-9-7-6-8-10-14/h6-10H,4-5,11-13,16H2,1-3H3. The van der Waals surface area contributed by atoms with Gasteiger partial charge in [0, 0.05) is 12.0 Å². The Morgan fingerprint density at radius 2 is 1.71 bits per heavy atom. The van der Waals surface area contributed by atoms with Gasteiger partial charge in [-0.15, -0.1) is 0 Å². The van der Waals surface area contributed by atoms with Gasteiger partial charge >= 0.3 is 0 Å². The molecular formula is C15H26N2. The summed E-state index contributed by atoms with van der Waals surface area (Å²) >= 11 is 0. The number of benzene rings is 1. The highest BCUT2D eigenvalue weighted by Gasteiger charge is 2.24. The highest BCUT2D eigenvalue weighted by molar-refractivity contribution is 5.24. The maximum absolute atomic E-state index is 5.99. The summed E-state index contributed by atoms with van der Waals surface area (Å²) < 4.78 is 0. The van der Waals surface area contributed by atoms with E-state index in [1.807, 2.05) is 0 Å². The second kappa shape index (κ2) is 6.77. The lowest BCUT2D eigenvalue weighted by Gasteiger charge is -2.31. The predicted octanol–water partition coefficient (Wildman–Crippen LogP) is 2.63. The van der Waals surface area contributed by atoms with Crippen LogP contribution in [0.15, 0.2) is 30.3 Å². The van der Waals surface area contributed by atoms with Gasteiger partial charge in [-0.05, 0) is 31.6 Å². The van der Waals surface area contributed by atoms with Gasteiger partial charge in [-0.1, -0.05) is 51.1 Å². The van der Waals surface area contributed by atoms with E-state index in [0.717, 1.165) is 26.1 Å². The molecule has 0 radical (unpaired) electrons. The fraction of sp³-hybridized carbons (Fsp3) is 0.600. The molecule has 0 spiro atoms. The molecule has 0 heterocycles. The molecule has 2 N–H and O–H groups in total. The summed E-state index contributed by atoms with van der Waals surface area (Å²) in [6.07, 6.45) is 1.12. The first kappa shape index (κ1) is 14.2. The molecule has 17 heavy (non-hydrogen) atoms. The normalized spacial score (nSPS) is 14.9. The van der Waals surface area contributed by atoms with Gasteiger partial charge in [0.2, 0.25) is 0 Å². The lowest BCUT2D eigenvalue weighted by Crippen LogP contribution is -2.36. The highest BCUT2D eigenvalue weighted by Crippen LogP contribution is 2.26. The average Bonchev–Trinajstić information content (AvgIpc) is 2.40. The Morgan fingerprint density at radius 3 is 2.18 bits per heavy atom. The van der Waals surface area contributed by atoms with Crippen LogP contribution in [0.2, 0.25) is 0 Å². The highest BCUT2D eigenvalue weighted by atomic mass is 15.1. The Hall–Kier alpha value is -0.860.